The van der Waals surface area contributed by atoms with Gasteiger partial charge in [0.25, 0.3) is 0 Å². The zero-order valence-corrected chi connectivity index (χ0v) is 11.1. The van der Waals surface area contributed by atoms with Crippen LogP contribution < -0.4 is 5.73 Å². The lowest BCUT2D eigenvalue weighted by Crippen LogP contribution is -2.18. The van der Waals surface area contributed by atoms with E-state index < -0.39 is 0 Å². The first-order valence-electron chi connectivity index (χ1n) is 6.71. The molecule has 0 aliphatic heterocycles. The van der Waals surface area contributed by atoms with Gasteiger partial charge in [0.1, 0.15) is 0 Å². The molecule has 1 heterocycles. The van der Waals surface area contributed by atoms with E-state index in [1.165, 1.54) is 34.5 Å². The fraction of sp³-hybridized carbons (Fsp3) is 0.375. The zero-order chi connectivity index (χ0) is 12.7. The van der Waals surface area contributed by atoms with Crippen LogP contribution in [0.5, 0.6) is 0 Å². The predicted octanol–water partition coefficient (Wildman–Crippen LogP) is 3.43. The number of hydrogen-bond donors (Lipinski definition) is 1. The Hall–Kier alpha value is -1.54. The van der Waals surface area contributed by atoms with Crippen molar-refractivity contribution in [3.8, 4) is 5.69 Å². The van der Waals surface area contributed by atoms with Crippen LogP contribution in [-0.4, -0.2) is 4.57 Å². The molecule has 1 unspecified atom stereocenters. The van der Waals surface area contributed by atoms with Gasteiger partial charge in [-0.15, -0.1) is 0 Å². The van der Waals surface area contributed by atoms with Gasteiger partial charge in [0.15, 0.2) is 0 Å². The fourth-order valence-corrected chi connectivity index (χ4v) is 3.12. The molecule has 1 aromatic carbocycles. The highest BCUT2D eigenvalue weighted by atomic mass is 15.0. The highest BCUT2D eigenvalue weighted by Crippen LogP contribution is 2.32. The SMILES string of the molecule is Cc1cccc(C)c1-n1ccc2c1CCCC2N. The van der Waals surface area contributed by atoms with Crippen molar-refractivity contribution in [1.82, 2.24) is 4.57 Å². The van der Waals surface area contributed by atoms with Crippen LogP contribution in [0, 0.1) is 13.8 Å². The number of benzene rings is 1. The summed E-state index contributed by atoms with van der Waals surface area (Å²) in [6.45, 7) is 4.36. The number of aryl methyl sites for hydroxylation is 2. The molecule has 0 fully saturated rings. The first-order valence-corrected chi connectivity index (χ1v) is 6.71. The Morgan fingerprint density at radius 3 is 2.61 bits per heavy atom. The molecule has 0 saturated carbocycles. The molecule has 0 amide bonds. The molecule has 1 aromatic heterocycles. The lowest BCUT2D eigenvalue weighted by atomic mass is 9.93. The van der Waals surface area contributed by atoms with Gasteiger partial charge in [-0.2, -0.15) is 0 Å². The van der Waals surface area contributed by atoms with E-state index in [0.717, 1.165) is 12.8 Å². The fourth-order valence-electron chi connectivity index (χ4n) is 3.12. The summed E-state index contributed by atoms with van der Waals surface area (Å²) in [5.41, 5.74) is 12.9. The van der Waals surface area contributed by atoms with E-state index in [2.05, 4.69) is 48.9 Å². The third kappa shape index (κ3) is 1.68. The maximum absolute atomic E-state index is 6.20. The Labute approximate surface area is 108 Å². The molecular weight excluding hydrogens is 220 g/mol. The molecule has 0 spiro atoms. The first-order chi connectivity index (χ1) is 8.68. The van der Waals surface area contributed by atoms with Gasteiger partial charge in [0.2, 0.25) is 0 Å². The smallest absolute Gasteiger partial charge is 0.0510 e. The van der Waals surface area contributed by atoms with Crippen molar-refractivity contribution in [1.29, 1.82) is 0 Å². The number of rotatable bonds is 1. The molecule has 1 atom stereocenters. The minimum atomic E-state index is 0.222. The molecule has 1 aliphatic rings. The molecule has 2 heteroatoms. The largest absolute Gasteiger partial charge is 0.324 e. The quantitative estimate of drug-likeness (QED) is 0.813. The topological polar surface area (TPSA) is 30.9 Å². The van der Waals surface area contributed by atoms with Gasteiger partial charge in [-0.05, 0) is 55.9 Å². The summed E-state index contributed by atoms with van der Waals surface area (Å²) >= 11 is 0. The van der Waals surface area contributed by atoms with Gasteiger partial charge < -0.3 is 10.3 Å². The second kappa shape index (κ2) is 4.29. The summed E-state index contributed by atoms with van der Waals surface area (Å²) in [7, 11) is 0. The van der Waals surface area contributed by atoms with Gasteiger partial charge in [0, 0.05) is 17.9 Å². The van der Waals surface area contributed by atoms with Crippen molar-refractivity contribution in [2.75, 3.05) is 0 Å². The average Bonchev–Trinajstić information content (AvgIpc) is 2.75. The molecule has 0 saturated heterocycles. The average molecular weight is 240 g/mol. The predicted molar refractivity (Wildman–Crippen MR) is 75.1 cm³/mol. The van der Waals surface area contributed by atoms with Crippen LogP contribution in [0.25, 0.3) is 5.69 Å². The first kappa shape index (κ1) is 11.5. The minimum absolute atomic E-state index is 0.222. The zero-order valence-electron chi connectivity index (χ0n) is 11.1. The third-order valence-electron chi connectivity index (χ3n) is 4.04. The van der Waals surface area contributed by atoms with E-state index in [1.54, 1.807) is 0 Å². The van der Waals surface area contributed by atoms with E-state index in [1.807, 2.05) is 0 Å². The van der Waals surface area contributed by atoms with Crippen LogP contribution in [0.2, 0.25) is 0 Å². The Kier molecular flexibility index (Phi) is 2.75. The summed E-state index contributed by atoms with van der Waals surface area (Å²) in [5.74, 6) is 0. The van der Waals surface area contributed by atoms with Crippen LogP contribution in [0.3, 0.4) is 0 Å². The van der Waals surface area contributed by atoms with E-state index in [4.69, 9.17) is 5.73 Å². The Morgan fingerprint density at radius 1 is 1.17 bits per heavy atom. The molecule has 2 aromatic rings. The van der Waals surface area contributed by atoms with Gasteiger partial charge in [0.05, 0.1) is 5.69 Å². The lowest BCUT2D eigenvalue weighted by molar-refractivity contribution is 0.560. The van der Waals surface area contributed by atoms with Crippen LogP contribution in [0.4, 0.5) is 0 Å². The molecule has 3 rings (SSSR count). The molecule has 18 heavy (non-hydrogen) atoms. The second-order valence-electron chi connectivity index (χ2n) is 5.33. The number of aromatic nitrogens is 1. The molecule has 94 valence electrons. The number of nitrogens with two attached hydrogens (primary N) is 1. The Morgan fingerprint density at radius 2 is 1.89 bits per heavy atom. The van der Waals surface area contributed by atoms with Crippen LogP contribution >= 0.6 is 0 Å². The maximum atomic E-state index is 6.20. The van der Waals surface area contributed by atoms with E-state index >= 15 is 0 Å². The molecule has 1 aliphatic carbocycles. The van der Waals surface area contributed by atoms with E-state index in [9.17, 15) is 0 Å². The van der Waals surface area contributed by atoms with Gasteiger partial charge >= 0.3 is 0 Å². The van der Waals surface area contributed by atoms with Crippen molar-refractivity contribution in [2.45, 2.75) is 39.2 Å². The highest BCUT2D eigenvalue weighted by molar-refractivity contribution is 5.50. The minimum Gasteiger partial charge on any atom is -0.324 e. The van der Waals surface area contributed by atoms with Crippen molar-refractivity contribution in [3.63, 3.8) is 0 Å². The molecule has 0 radical (unpaired) electrons. The number of fused-ring (bicyclic) bond motifs is 1. The third-order valence-corrected chi connectivity index (χ3v) is 4.04. The Bertz CT molecular complexity index is 561. The van der Waals surface area contributed by atoms with Crippen molar-refractivity contribution >= 4 is 0 Å². The van der Waals surface area contributed by atoms with Crippen LogP contribution in [0.1, 0.15) is 41.3 Å². The van der Waals surface area contributed by atoms with E-state index in [0.29, 0.717) is 0 Å². The van der Waals surface area contributed by atoms with Gasteiger partial charge in [-0.25, -0.2) is 0 Å². The summed E-state index contributed by atoms with van der Waals surface area (Å²) < 4.78 is 2.35. The maximum Gasteiger partial charge on any atom is 0.0510 e. The van der Waals surface area contributed by atoms with E-state index in [-0.39, 0.29) is 6.04 Å². The van der Waals surface area contributed by atoms with Crippen LogP contribution in [0.15, 0.2) is 30.5 Å². The van der Waals surface area contributed by atoms with Crippen molar-refractivity contribution in [3.05, 3.63) is 52.8 Å². The summed E-state index contributed by atoms with van der Waals surface area (Å²) in [5, 5.41) is 0. The molecule has 2 N–H and O–H groups in total. The number of para-hydroxylation sites is 1. The molecular formula is C16H20N2. The monoisotopic (exact) mass is 240 g/mol. The van der Waals surface area contributed by atoms with Crippen LogP contribution in [-0.2, 0) is 6.42 Å². The van der Waals surface area contributed by atoms with Gasteiger partial charge in [-0.3, -0.25) is 0 Å². The summed E-state index contributed by atoms with van der Waals surface area (Å²) in [4.78, 5) is 0. The van der Waals surface area contributed by atoms with Crippen molar-refractivity contribution < 1.29 is 0 Å². The summed E-state index contributed by atoms with van der Waals surface area (Å²) in [6, 6.07) is 8.90. The van der Waals surface area contributed by atoms with Crippen molar-refractivity contribution in [2.24, 2.45) is 5.73 Å². The Balaban J connectivity index is 2.19. The normalized spacial score (nSPS) is 18.7. The van der Waals surface area contributed by atoms with Gasteiger partial charge in [-0.1, -0.05) is 18.2 Å². The lowest BCUT2D eigenvalue weighted by Gasteiger charge is -2.22. The molecule has 2 nitrogen and oxygen atoms in total. The standard InChI is InChI=1S/C16H20N2/c1-11-5-3-6-12(2)16(11)18-10-9-13-14(17)7-4-8-15(13)18/h3,5-6,9-10,14H,4,7-8,17H2,1-2H3. The number of hydrogen-bond acceptors (Lipinski definition) is 1. The highest BCUT2D eigenvalue weighted by Gasteiger charge is 2.21. The molecule has 0 bridgehead atoms. The number of nitrogens with zero attached hydrogens (tertiary/aromatic N) is 1. The summed E-state index contributed by atoms with van der Waals surface area (Å²) in [6.07, 6.45) is 5.64. The second-order valence-corrected chi connectivity index (χ2v) is 5.33.